The second-order valence-corrected chi connectivity index (χ2v) is 3.22. The van der Waals surface area contributed by atoms with Gasteiger partial charge in [-0.3, -0.25) is 4.79 Å². The standard InChI is InChI=1S/C9H18N2O4/c1-3-6(10)4-8(13)11-5-7(12)9(14)15-2/h6-7,12H,3-5,10H2,1-2H3,(H,11,13). The highest BCUT2D eigenvalue weighted by Gasteiger charge is 2.16. The fourth-order valence-electron chi connectivity index (χ4n) is 0.885. The van der Waals surface area contributed by atoms with Crippen molar-refractivity contribution >= 4 is 11.9 Å². The van der Waals surface area contributed by atoms with Gasteiger partial charge < -0.3 is 20.9 Å². The molecule has 6 heteroatoms. The van der Waals surface area contributed by atoms with Crippen molar-refractivity contribution in [2.75, 3.05) is 13.7 Å². The molecule has 0 saturated carbocycles. The first-order valence-electron chi connectivity index (χ1n) is 4.79. The van der Waals surface area contributed by atoms with Crippen LogP contribution in [0, 0.1) is 0 Å². The highest BCUT2D eigenvalue weighted by molar-refractivity contribution is 5.79. The van der Waals surface area contributed by atoms with E-state index in [0.717, 1.165) is 0 Å². The van der Waals surface area contributed by atoms with Crippen LogP contribution in [0.4, 0.5) is 0 Å². The highest BCUT2D eigenvalue weighted by atomic mass is 16.5. The lowest BCUT2D eigenvalue weighted by atomic mass is 10.1. The first kappa shape index (κ1) is 13.9. The van der Waals surface area contributed by atoms with E-state index in [9.17, 15) is 9.59 Å². The van der Waals surface area contributed by atoms with E-state index < -0.39 is 12.1 Å². The van der Waals surface area contributed by atoms with E-state index >= 15 is 0 Å². The minimum absolute atomic E-state index is 0.151. The summed E-state index contributed by atoms with van der Waals surface area (Å²) in [4.78, 5) is 21.9. The molecule has 0 aromatic carbocycles. The smallest absolute Gasteiger partial charge is 0.336 e. The van der Waals surface area contributed by atoms with E-state index in [1.807, 2.05) is 6.92 Å². The Balaban J connectivity index is 3.75. The van der Waals surface area contributed by atoms with E-state index in [1.165, 1.54) is 7.11 Å². The Bertz CT molecular complexity index is 220. The van der Waals surface area contributed by atoms with Crippen molar-refractivity contribution in [3.05, 3.63) is 0 Å². The molecule has 6 nitrogen and oxygen atoms in total. The molecule has 0 bridgehead atoms. The number of esters is 1. The Hall–Kier alpha value is -1.14. The molecular weight excluding hydrogens is 200 g/mol. The maximum absolute atomic E-state index is 11.2. The van der Waals surface area contributed by atoms with Crippen LogP contribution < -0.4 is 11.1 Å². The average molecular weight is 218 g/mol. The molecule has 0 saturated heterocycles. The first-order valence-corrected chi connectivity index (χ1v) is 4.79. The second-order valence-electron chi connectivity index (χ2n) is 3.22. The maximum atomic E-state index is 11.2. The van der Waals surface area contributed by atoms with Crippen molar-refractivity contribution in [3.63, 3.8) is 0 Å². The maximum Gasteiger partial charge on any atom is 0.336 e. The van der Waals surface area contributed by atoms with Gasteiger partial charge in [-0.2, -0.15) is 0 Å². The summed E-state index contributed by atoms with van der Waals surface area (Å²) in [5, 5.41) is 11.5. The number of carbonyl (C=O) groups excluding carboxylic acids is 2. The monoisotopic (exact) mass is 218 g/mol. The molecule has 2 unspecified atom stereocenters. The molecule has 0 aliphatic heterocycles. The van der Waals surface area contributed by atoms with Crippen molar-refractivity contribution in [3.8, 4) is 0 Å². The van der Waals surface area contributed by atoms with Crippen LogP contribution in [-0.4, -0.2) is 42.8 Å². The molecule has 0 radical (unpaired) electrons. The predicted octanol–water partition coefficient (Wildman–Crippen LogP) is -1.24. The van der Waals surface area contributed by atoms with Gasteiger partial charge in [-0.25, -0.2) is 4.79 Å². The van der Waals surface area contributed by atoms with Crippen molar-refractivity contribution in [2.24, 2.45) is 5.73 Å². The molecular formula is C9H18N2O4. The number of aliphatic hydroxyl groups is 1. The quantitative estimate of drug-likeness (QED) is 0.484. The molecule has 88 valence electrons. The lowest BCUT2D eigenvalue weighted by Gasteiger charge is -2.11. The zero-order valence-electron chi connectivity index (χ0n) is 9.03. The fourth-order valence-corrected chi connectivity index (χ4v) is 0.885. The Morgan fingerprint density at radius 2 is 2.13 bits per heavy atom. The van der Waals surface area contributed by atoms with Gasteiger partial charge in [0.15, 0.2) is 6.10 Å². The first-order chi connectivity index (χ1) is 7.01. The topological polar surface area (TPSA) is 102 Å². The van der Waals surface area contributed by atoms with Crippen molar-refractivity contribution in [1.29, 1.82) is 0 Å². The molecule has 0 fully saturated rings. The number of ether oxygens (including phenoxy) is 1. The van der Waals surface area contributed by atoms with Gasteiger partial charge in [-0.1, -0.05) is 6.92 Å². The number of rotatable bonds is 6. The Morgan fingerprint density at radius 3 is 2.60 bits per heavy atom. The third-order valence-corrected chi connectivity index (χ3v) is 1.94. The molecule has 1 amide bonds. The van der Waals surface area contributed by atoms with Crippen molar-refractivity contribution in [2.45, 2.75) is 31.9 Å². The number of carbonyl (C=O) groups is 2. The van der Waals surface area contributed by atoms with Gasteiger partial charge in [-0.15, -0.1) is 0 Å². The molecule has 2 atom stereocenters. The molecule has 0 aliphatic carbocycles. The highest BCUT2D eigenvalue weighted by Crippen LogP contribution is 1.93. The average Bonchev–Trinajstić information content (AvgIpc) is 2.24. The van der Waals surface area contributed by atoms with Crippen molar-refractivity contribution in [1.82, 2.24) is 5.32 Å². The van der Waals surface area contributed by atoms with Crippen LogP contribution in [0.1, 0.15) is 19.8 Å². The third kappa shape index (κ3) is 6.03. The Labute approximate surface area is 88.8 Å². The lowest BCUT2D eigenvalue weighted by Crippen LogP contribution is -2.39. The number of nitrogens with two attached hydrogens (primary N) is 1. The number of aliphatic hydroxyl groups excluding tert-OH is 1. The van der Waals surface area contributed by atoms with Gasteiger partial charge in [0.2, 0.25) is 5.91 Å². The lowest BCUT2D eigenvalue weighted by molar-refractivity contribution is -0.150. The largest absolute Gasteiger partial charge is 0.467 e. The molecule has 0 aliphatic rings. The van der Waals surface area contributed by atoms with Crippen LogP contribution in [0.25, 0.3) is 0 Å². The number of amides is 1. The normalized spacial score (nSPS) is 14.1. The Kier molecular flexibility index (Phi) is 6.64. The summed E-state index contributed by atoms with van der Waals surface area (Å²) in [6, 6.07) is -0.194. The molecule has 4 N–H and O–H groups in total. The molecule has 0 spiro atoms. The van der Waals surface area contributed by atoms with Gasteiger partial charge >= 0.3 is 5.97 Å². The summed E-state index contributed by atoms with van der Waals surface area (Å²) in [6.07, 6.45) is -0.436. The summed E-state index contributed by atoms with van der Waals surface area (Å²) >= 11 is 0. The van der Waals surface area contributed by atoms with E-state index in [1.54, 1.807) is 0 Å². The minimum atomic E-state index is -1.32. The Morgan fingerprint density at radius 1 is 1.53 bits per heavy atom. The van der Waals surface area contributed by atoms with Gasteiger partial charge in [0, 0.05) is 12.5 Å². The second kappa shape index (κ2) is 7.19. The van der Waals surface area contributed by atoms with Crippen molar-refractivity contribution < 1.29 is 19.4 Å². The van der Waals surface area contributed by atoms with Crippen LogP contribution in [0.5, 0.6) is 0 Å². The van der Waals surface area contributed by atoms with Crippen LogP contribution >= 0.6 is 0 Å². The summed E-state index contributed by atoms with van der Waals surface area (Å²) < 4.78 is 4.28. The number of hydrogen-bond acceptors (Lipinski definition) is 5. The summed E-state index contributed by atoms with van der Waals surface area (Å²) in [6.45, 7) is 1.73. The van der Waals surface area contributed by atoms with Crippen LogP contribution in [-0.2, 0) is 14.3 Å². The SMILES string of the molecule is CCC(N)CC(=O)NCC(O)C(=O)OC. The molecule has 0 rings (SSSR count). The van der Waals surface area contributed by atoms with Gasteiger partial charge in [0.05, 0.1) is 13.7 Å². The molecule has 0 aromatic heterocycles. The minimum Gasteiger partial charge on any atom is -0.467 e. The molecule has 0 aromatic rings. The van der Waals surface area contributed by atoms with E-state index in [0.29, 0.717) is 6.42 Å². The zero-order chi connectivity index (χ0) is 11.8. The fraction of sp³-hybridized carbons (Fsp3) is 0.778. The van der Waals surface area contributed by atoms with Crippen LogP contribution in [0.2, 0.25) is 0 Å². The van der Waals surface area contributed by atoms with Gasteiger partial charge in [0.25, 0.3) is 0 Å². The van der Waals surface area contributed by atoms with E-state index in [4.69, 9.17) is 10.8 Å². The van der Waals surface area contributed by atoms with E-state index in [-0.39, 0.29) is 24.9 Å². The number of hydrogen-bond donors (Lipinski definition) is 3. The number of nitrogens with one attached hydrogen (secondary N) is 1. The summed E-state index contributed by atoms with van der Waals surface area (Å²) in [5.74, 6) is -1.05. The number of methoxy groups -OCH3 is 1. The van der Waals surface area contributed by atoms with Crippen LogP contribution in [0.3, 0.4) is 0 Å². The third-order valence-electron chi connectivity index (χ3n) is 1.94. The predicted molar refractivity (Wildman–Crippen MR) is 53.9 cm³/mol. The van der Waals surface area contributed by atoms with Gasteiger partial charge in [0.1, 0.15) is 0 Å². The summed E-state index contributed by atoms with van der Waals surface area (Å²) in [7, 11) is 1.17. The van der Waals surface area contributed by atoms with Gasteiger partial charge in [-0.05, 0) is 6.42 Å². The molecule has 0 heterocycles. The zero-order valence-corrected chi connectivity index (χ0v) is 9.03. The van der Waals surface area contributed by atoms with Crippen LogP contribution in [0.15, 0.2) is 0 Å². The van der Waals surface area contributed by atoms with E-state index in [2.05, 4.69) is 10.1 Å². The summed E-state index contributed by atoms with van der Waals surface area (Å²) in [5.41, 5.74) is 5.55. The molecule has 15 heavy (non-hydrogen) atoms.